The molecule has 0 aliphatic rings. The van der Waals surface area contributed by atoms with Gasteiger partial charge in [-0.2, -0.15) is 0 Å². The molecule has 0 bridgehead atoms. The van der Waals surface area contributed by atoms with Gasteiger partial charge >= 0.3 is 5.97 Å². The van der Waals surface area contributed by atoms with E-state index in [9.17, 15) is 19.8 Å². The number of allylic oxidation sites excluding steroid dienone is 1. The Hall–Kier alpha value is -1.40. The molecular formula is C79H155NO5. The molecular weight excluding hydrogens is 1040 g/mol. The van der Waals surface area contributed by atoms with Crippen LogP contribution in [0.5, 0.6) is 0 Å². The predicted molar refractivity (Wildman–Crippen MR) is 375 cm³/mol. The van der Waals surface area contributed by atoms with Crippen molar-refractivity contribution < 1.29 is 24.5 Å². The highest BCUT2D eigenvalue weighted by atomic mass is 16.5. The molecule has 6 nitrogen and oxygen atoms in total. The third-order valence-corrected chi connectivity index (χ3v) is 18.8. The fraction of sp³-hybridized carbons (Fsp3) is 0.949. The Morgan fingerprint density at radius 1 is 0.318 bits per heavy atom. The van der Waals surface area contributed by atoms with E-state index in [2.05, 4.69) is 19.2 Å². The molecule has 0 aromatic heterocycles. The molecule has 6 heteroatoms. The van der Waals surface area contributed by atoms with E-state index in [-0.39, 0.29) is 18.5 Å². The van der Waals surface area contributed by atoms with Gasteiger partial charge in [0, 0.05) is 12.8 Å². The zero-order chi connectivity index (χ0) is 61.3. The quantitative estimate of drug-likeness (QED) is 0.0320. The normalized spacial score (nSPS) is 12.5. The third-order valence-electron chi connectivity index (χ3n) is 18.8. The lowest BCUT2D eigenvalue weighted by Crippen LogP contribution is -2.45. The van der Waals surface area contributed by atoms with Crippen LogP contribution in [0.15, 0.2) is 12.2 Å². The Kier molecular flexibility index (Phi) is 73.8. The first kappa shape index (κ1) is 83.6. The van der Waals surface area contributed by atoms with Crippen LogP contribution in [0.2, 0.25) is 0 Å². The minimum Gasteiger partial charge on any atom is -0.466 e. The molecule has 0 spiro atoms. The van der Waals surface area contributed by atoms with Crippen molar-refractivity contribution in [1.29, 1.82) is 0 Å². The van der Waals surface area contributed by atoms with Gasteiger partial charge in [0.15, 0.2) is 0 Å². The summed E-state index contributed by atoms with van der Waals surface area (Å²) in [5.41, 5.74) is 0. The molecule has 0 saturated heterocycles. The predicted octanol–water partition coefficient (Wildman–Crippen LogP) is 25.9. The van der Waals surface area contributed by atoms with Gasteiger partial charge < -0.3 is 20.3 Å². The third kappa shape index (κ3) is 71.6. The van der Waals surface area contributed by atoms with E-state index in [1.807, 2.05) is 6.08 Å². The lowest BCUT2D eigenvalue weighted by molar-refractivity contribution is -0.143. The van der Waals surface area contributed by atoms with Gasteiger partial charge in [0.1, 0.15) is 0 Å². The number of amides is 1. The number of rotatable bonds is 75. The molecule has 0 rings (SSSR count). The largest absolute Gasteiger partial charge is 0.466 e. The Morgan fingerprint density at radius 2 is 0.541 bits per heavy atom. The van der Waals surface area contributed by atoms with Crippen molar-refractivity contribution in [1.82, 2.24) is 5.32 Å². The average molecular weight is 1200 g/mol. The summed E-state index contributed by atoms with van der Waals surface area (Å²) in [6, 6.07) is -0.625. The summed E-state index contributed by atoms with van der Waals surface area (Å²) in [7, 11) is 0. The van der Waals surface area contributed by atoms with Crippen LogP contribution >= 0.6 is 0 Å². The molecule has 0 radical (unpaired) electrons. The Labute approximate surface area is 533 Å². The van der Waals surface area contributed by atoms with Gasteiger partial charge in [0.25, 0.3) is 0 Å². The first-order chi connectivity index (χ1) is 42.0. The summed E-state index contributed by atoms with van der Waals surface area (Å²) in [5, 5.41) is 23.3. The average Bonchev–Trinajstić information content (AvgIpc) is 3.50. The van der Waals surface area contributed by atoms with Gasteiger partial charge in [-0.05, 0) is 32.1 Å². The van der Waals surface area contributed by atoms with Crippen LogP contribution in [0.4, 0.5) is 0 Å². The SMILES string of the molecule is CCCCCCCCCCCCCCCCCCCC/C=C/C(O)C(CO)NC(=O)CCCCCCCCCCCCCCCCCCCCCCCCCCCCCCCCCCOC(=O)CCCCCCCCCCCCCCCCCC. The second-order valence-corrected chi connectivity index (χ2v) is 27.4. The Bertz CT molecular complexity index is 1290. The van der Waals surface area contributed by atoms with Crippen LogP contribution in [0.3, 0.4) is 0 Å². The molecule has 0 fully saturated rings. The molecule has 0 aromatic carbocycles. The molecule has 0 aliphatic carbocycles. The number of ether oxygens (including phenoxy) is 1. The first-order valence-electron chi connectivity index (χ1n) is 39.5. The van der Waals surface area contributed by atoms with Crippen molar-refractivity contribution >= 4 is 11.9 Å². The number of carbonyl (C=O) groups is 2. The van der Waals surface area contributed by atoms with Gasteiger partial charge in [-0.1, -0.05) is 424 Å². The number of hydrogen-bond donors (Lipinski definition) is 3. The highest BCUT2D eigenvalue weighted by Crippen LogP contribution is 2.20. The van der Waals surface area contributed by atoms with Gasteiger partial charge in [-0.3, -0.25) is 9.59 Å². The second-order valence-electron chi connectivity index (χ2n) is 27.4. The van der Waals surface area contributed by atoms with Gasteiger partial charge in [-0.15, -0.1) is 0 Å². The van der Waals surface area contributed by atoms with E-state index in [0.29, 0.717) is 19.4 Å². The number of hydrogen-bond acceptors (Lipinski definition) is 5. The lowest BCUT2D eigenvalue weighted by atomic mass is 10.0. The van der Waals surface area contributed by atoms with Gasteiger partial charge in [-0.25, -0.2) is 0 Å². The molecule has 0 aliphatic heterocycles. The van der Waals surface area contributed by atoms with Gasteiger partial charge in [0.05, 0.1) is 25.4 Å². The van der Waals surface area contributed by atoms with Crippen molar-refractivity contribution in [3.63, 3.8) is 0 Å². The molecule has 506 valence electrons. The summed E-state index contributed by atoms with van der Waals surface area (Å²) in [6.07, 6.45) is 94.8. The summed E-state index contributed by atoms with van der Waals surface area (Å²) < 4.78 is 5.51. The fourth-order valence-electron chi connectivity index (χ4n) is 12.8. The molecule has 0 heterocycles. The maximum absolute atomic E-state index is 12.5. The van der Waals surface area contributed by atoms with Crippen molar-refractivity contribution in [2.75, 3.05) is 13.2 Å². The minimum absolute atomic E-state index is 0.0257. The molecule has 85 heavy (non-hydrogen) atoms. The van der Waals surface area contributed by atoms with E-state index < -0.39 is 12.1 Å². The van der Waals surface area contributed by atoms with Crippen molar-refractivity contribution in [2.24, 2.45) is 0 Å². The monoisotopic (exact) mass is 1200 g/mol. The van der Waals surface area contributed by atoms with Crippen molar-refractivity contribution in [3.05, 3.63) is 12.2 Å². The topological polar surface area (TPSA) is 95.9 Å². The molecule has 1 amide bonds. The number of esters is 1. The lowest BCUT2D eigenvalue weighted by Gasteiger charge is -2.20. The van der Waals surface area contributed by atoms with Crippen LogP contribution in [0.1, 0.15) is 457 Å². The summed E-state index contributed by atoms with van der Waals surface area (Å²) in [6.45, 7) is 4.97. The van der Waals surface area contributed by atoms with Crippen LogP contribution in [0.25, 0.3) is 0 Å². The van der Waals surface area contributed by atoms with Crippen LogP contribution in [-0.4, -0.2) is 47.4 Å². The molecule has 0 saturated carbocycles. The highest BCUT2D eigenvalue weighted by Gasteiger charge is 2.18. The van der Waals surface area contributed by atoms with Crippen molar-refractivity contribution in [2.45, 2.75) is 469 Å². The van der Waals surface area contributed by atoms with E-state index in [4.69, 9.17) is 4.74 Å². The van der Waals surface area contributed by atoms with Crippen LogP contribution in [-0.2, 0) is 14.3 Å². The maximum Gasteiger partial charge on any atom is 0.305 e. The Morgan fingerprint density at radius 3 is 0.800 bits per heavy atom. The number of aliphatic hydroxyl groups is 2. The van der Waals surface area contributed by atoms with Crippen LogP contribution < -0.4 is 5.32 Å². The van der Waals surface area contributed by atoms with E-state index in [1.165, 1.54) is 392 Å². The van der Waals surface area contributed by atoms with E-state index in [0.717, 1.165) is 38.5 Å². The maximum atomic E-state index is 12.5. The minimum atomic E-state index is -0.842. The standard InChI is InChI=1S/C79H155NO5/c1-3-5-7-9-11-13-15-17-19-21-22-37-40-43-47-51-55-59-63-67-71-77(82)76(75-81)80-78(83)72-68-64-60-56-52-48-44-41-38-35-33-31-29-27-25-23-24-26-28-30-32-34-36-39-42-46-50-54-58-62-66-70-74-85-79(84)73-69-65-61-57-53-49-45-20-18-16-14-12-10-8-6-4-2/h67,71,76-77,81-82H,3-66,68-70,72-75H2,1-2H3,(H,80,83)/b71-67+. The zero-order valence-electron chi connectivity index (χ0n) is 58.1. The summed E-state index contributed by atoms with van der Waals surface area (Å²) in [5.74, 6) is -0.0328. The Balaban J connectivity index is 3.33. The summed E-state index contributed by atoms with van der Waals surface area (Å²) >= 11 is 0. The highest BCUT2D eigenvalue weighted by molar-refractivity contribution is 5.76. The zero-order valence-corrected chi connectivity index (χ0v) is 58.1. The second kappa shape index (κ2) is 75.1. The molecule has 2 unspecified atom stereocenters. The van der Waals surface area contributed by atoms with E-state index >= 15 is 0 Å². The van der Waals surface area contributed by atoms with E-state index in [1.54, 1.807) is 6.08 Å². The summed E-state index contributed by atoms with van der Waals surface area (Å²) in [4.78, 5) is 24.6. The van der Waals surface area contributed by atoms with Gasteiger partial charge in [0.2, 0.25) is 5.91 Å². The molecule has 2 atom stereocenters. The fourth-order valence-corrected chi connectivity index (χ4v) is 12.8. The van der Waals surface area contributed by atoms with Crippen LogP contribution in [0, 0.1) is 0 Å². The number of unbranched alkanes of at least 4 members (excludes halogenated alkanes) is 64. The number of nitrogens with one attached hydrogen (secondary N) is 1. The molecule has 0 aromatic rings. The smallest absolute Gasteiger partial charge is 0.305 e. The first-order valence-corrected chi connectivity index (χ1v) is 39.5. The van der Waals surface area contributed by atoms with Crippen molar-refractivity contribution in [3.8, 4) is 0 Å². The molecule has 3 N–H and O–H groups in total. The number of aliphatic hydroxyl groups excluding tert-OH is 2. The number of carbonyl (C=O) groups excluding carboxylic acids is 2.